The number of carbonyl (C=O) groups excluding carboxylic acids is 1. The quantitative estimate of drug-likeness (QED) is 0.312. The summed E-state index contributed by atoms with van der Waals surface area (Å²) >= 11 is 0. The molecule has 164 valence electrons. The first-order valence-corrected chi connectivity index (χ1v) is 10.3. The van der Waals surface area contributed by atoms with Crippen molar-refractivity contribution in [3.63, 3.8) is 0 Å². The van der Waals surface area contributed by atoms with E-state index in [0.717, 1.165) is 27.5 Å². The second-order valence-corrected chi connectivity index (χ2v) is 7.49. The summed E-state index contributed by atoms with van der Waals surface area (Å²) in [5, 5.41) is 22.3. The average molecular weight is 448 g/mol. The van der Waals surface area contributed by atoms with Crippen LogP contribution in [0.3, 0.4) is 0 Å². The lowest BCUT2D eigenvalue weighted by Gasteiger charge is -2.07. The van der Waals surface area contributed by atoms with Gasteiger partial charge in [0, 0.05) is 34.4 Å². The molecular formula is C23H16N10O. The monoisotopic (exact) mass is 448 g/mol. The van der Waals surface area contributed by atoms with Crippen LogP contribution in [0.1, 0.15) is 10.5 Å². The first-order chi connectivity index (χ1) is 16.7. The summed E-state index contributed by atoms with van der Waals surface area (Å²) in [6, 6.07) is 12.9. The van der Waals surface area contributed by atoms with Crippen molar-refractivity contribution in [2.45, 2.75) is 0 Å². The van der Waals surface area contributed by atoms with Crippen molar-refractivity contribution >= 4 is 44.9 Å². The van der Waals surface area contributed by atoms with Crippen molar-refractivity contribution in [1.82, 2.24) is 40.3 Å². The zero-order chi connectivity index (χ0) is 22.9. The number of fused-ring (bicyclic) bond motifs is 2. The van der Waals surface area contributed by atoms with E-state index >= 15 is 0 Å². The zero-order valence-electron chi connectivity index (χ0n) is 17.5. The van der Waals surface area contributed by atoms with E-state index in [2.05, 4.69) is 51.0 Å². The smallest absolute Gasteiger partial charge is 0.272 e. The Bertz CT molecular complexity index is 1640. The third kappa shape index (κ3) is 3.77. The SMILES string of the molecule is O=C(Nc1ccnnc1)c1cc2cnc(-c3nccc(Nc4ccc5[nH]ncc5c4)n3)cc2[nH]1. The Labute approximate surface area is 191 Å². The first-order valence-electron chi connectivity index (χ1n) is 10.3. The lowest BCUT2D eigenvalue weighted by molar-refractivity contribution is 0.102. The van der Waals surface area contributed by atoms with Gasteiger partial charge in [-0.2, -0.15) is 15.3 Å². The molecule has 11 heteroatoms. The van der Waals surface area contributed by atoms with Crippen LogP contribution in [0, 0.1) is 0 Å². The van der Waals surface area contributed by atoms with Crippen molar-refractivity contribution in [1.29, 1.82) is 0 Å². The highest BCUT2D eigenvalue weighted by Gasteiger charge is 2.13. The Balaban J connectivity index is 1.25. The van der Waals surface area contributed by atoms with Crippen LogP contribution in [0.4, 0.5) is 17.2 Å². The molecule has 0 atom stereocenters. The number of H-pyrrole nitrogens is 2. The lowest BCUT2D eigenvalue weighted by Crippen LogP contribution is -2.12. The normalized spacial score (nSPS) is 11.1. The molecule has 6 rings (SSSR count). The summed E-state index contributed by atoms with van der Waals surface area (Å²) in [6.45, 7) is 0. The highest BCUT2D eigenvalue weighted by Crippen LogP contribution is 2.23. The number of rotatable bonds is 5. The number of benzene rings is 1. The van der Waals surface area contributed by atoms with Gasteiger partial charge in [-0.3, -0.25) is 14.9 Å². The summed E-state index contributed by atoms with van der Waals surface area (Å²) in [6.07, 6.45) is 8.11. The molecule has 0 unspecified atom stereocenters. The molecule has 0 aliphatic carbocycles. The minimum atomic E-state index is -0.289. The fourth-order valence-electron chi connectivity index (χ4n) is 3.55. The Morgan fingerprint density at radius 1 is 0.824 bits per heavy atom. The molecule has 1 amide bonds. The zero-order valence-corrected chi connectivity index (χ0v) is 17.5. The maximum Gasteiger partial charge on any atom is 0.272 e. The van der Waals surface area contributed by atoms with Gasteiger partial charge in [0.1, 0.15) is 17.2 Å². The summed E-state index contributed by atoms with van der Waals surface area (Å²) in [7, 11) is 0. The van der Waals surface area contributed by atoms with E-state index in [-0.39, 0.29) is 5.91 Å². The van der Waals surface area contributed by atoms with Gasteiger partial charge in [-0.15, -0.1) is 0 Å². The number of aromatic nitrogens is 8. The van der Waals surface area contributed by atoms with Crippen molar-refractivity contribution in [2.75, 3.05) is 10.6 Å². The van der Waals surface area contributed by atoms with E-state index in [4.69, 9.17) is 0 Å². The second kappa shape index (κ2) is 8.06. The van der Waals surface area contributed by atoms with Crippen LogP contribution in [0.15, 0.2) is 73.4 Å². The molecule has 1 aromatic carbocycles. The standard InChI is InChI=1S/C23H16N10O/c34-23(30-16-3-6-26-27-12-16)20-8-14-10-25-19(9-18(14)31-20)22-24-5-4-21(32-22)29-15-1-2-17-13(7-15)11-28-33-17/h1-12,31H,(H,28,33)(H,24,29,32)(H,26,30,34). The third-order valence-electron chi connectivity index (χ3n) is 5.19. The number of anilines is 3. The van der Waals surface area contributed by atoms with Crippen molar-refractivity contribution in [3.8, 4) is 11.5 Å². The van der Waals surface area contributed by atoms with Crippen molar-refractivity contribution in [2.24, 2.45) is 0 Å². The van der Waals surface area contributed by atoms with Crippen LogP contribution >= 0.6 is 0 Å². The molecule has 0 bridgehead atoms. The fraction of sp³-hybridized carbons (Fsp3) is 0. The molecule has 0 radical (unpaired) electrons. The highest BCUT2D eigenvalue weighted by atomic mass is 16.1. The van der Waals surface area contributed by atoms with E-state index in [1.165, 1.54) is 12.4 Å². The van der Waals surface area contributed by atoms with E-state index < -0.39 is 0 Å². The fourth-order valence-corrected chi connectivity index (χ4v) is 3.55. The summed E-state index contributed by atoms with van der Waals surface area (Å²) in [5.41, 5.74) is 4.12. The molecule has 5 heterocycles. The molecule has 4 N–H and O–H groups in total. The molecule has 0 saturated heterocycles. The van der Waals surface area contributed by atoms with Crippen molar-refractivity contribution < 1.29 is 4.79 Å². The van der Waals surface area contributed by atoms with Gasteiger partial charge in [0.25, 0.3) is 5.91 Å². The summed E-state index contributed by atoms with van der Waals surface area (Å²) in [4.78, 5) is 29.1. The van der Waals surface area contributed by atoms with Gasteiger partial charge in [-0.05, 0) is 42.5 Å². The molecule has 11 nitrogen and oxygen atoms in total. The Kier molecular flexibility index (Phi) is 4.62. The van der Waals surface area contributed by atoms with Crippen LogP contribution in [0.5, 0.6) is 0 Å². The number of hydrogen-bond acceptors (Lipinski definition) is 8. The number of carbonyl (C=O) groups is 1. The molecule has 6 aromatic rings. The van der Waals surface area contributed by atoms with Gasteiger partial charge in [0.05, 0.1) is 29.8 Å². The summed E-state index contributed by atoms with van der Waals surface area (Å²) in [5.74, 6) is 0.801. The Morgan fingerprint density at radius 2 is 1.76 bits per heavy atom. The van der Waals surface area contributed by atoms with Crippen LogP contribution in [-0.2, 0) is 0 Å². The largest absolute Gasteiger partial charge is 0.350 e. The van der Waals surface area contributed by atoms with Crippen LogP contribution < -0.4 is 10.6 Å². The minimum absolute atomic E-state index is 0.289. The maximum atomic E-state index is 12.6. The second-order valence-electron chi connectivity index (χ2n) is 7.49. The van der Waals surface area contributed by atoms with Crippen LogP contribution in [0.2, 0.25) is 0 Å². The van der Waals surface area contributed by atoms with Gasteiger partial charge in [-0.25, -0.2) is 9.97 Å². The number of nitrogens with one attached hydrogen (secondary N) is 4. The molecule has 0 fully saturated rings. The van der Waals surface area contributed by atoms with E-state index in [0.29, 0.717) is 28.7 Å². The van der Waals surface area contributed by atoms with E-state index in [1.807, 2.05) is 24.3 Å². The minimum Gasteiger partial charge on any atom is -0.350 e. The van der Waals surface area contributed by atoms with E-state index in [9.17, 15) is 4.79 Å². The Morgan fingerprint density at radius 3 is 2.68 bits per heavy atom. The van der Waals surface area contributed by atoms with Gasteiger partial charge in [-0.1, -0.05) is 0 Å². The van der Waals surface area contributed by atoms with Gasteiger partial charge in [0.15, 0.2) is 5.82 Å². The van der Waals surface area contributed by atoms with Gasteiger partial charge >= 0.3 is 0 Å². The van der Waals surface area contributed by atoms with E-state index in [1.54, 1.807) is 36.8 Å². The number of hydrogen-bond donors (Lipinski definition) is 4. The highest BCUT2D eigenvalue weighted by molar-refractivity contribution is 6.05. The molecule has 34 heavy (non-hydrogen) atoms. The summed E-state index contributed by atoms with van der Waals surface area (Å²) < 4.78 is 0. The number of amides is 1. The molecular weight excluding hydrogens is 432 g/mol. The number of nitrogens with zero attached hydrogens (tertiary/aromatic N) is 6. The van der Waals surface area contributed by atoms with Gasteiger partial charge in [0.2, 0.25) is 0 Å². The predicted octanol–water partition coefficient (Wildman–Crippen LogP) is 3.68. The molecule has 0 aliphatic rings. The van der Waals surface area contributed by atoms with Crippen LogP contribution in [0.25, 0.3) is 33.3 Å². The maximum absolute atomic E-state index is 12.6. The molecule has 0 saturated carbocycles. The van der Waals surface area contributed by atoms with Gasteiger partial charge < -0.3 is 15.6 Å². The topological polar surface area (TPSA) is 150 Å². The lowest BCUT2D eigenvalue weighted by atomic mass is 10.2. The third-order valence-corrected chi connectivity index (χ3v) is 5.19. The Hall–Kier alpha value is -5.19. The van der Waals surface area contributed by atoms with Crippen molar-refractivity contribution in [3.05, 3.63) is 79.1 Å². The van der Waals surface area contributed by atoms with Crippen LogP contribution in [-0.4, -0.2) is 46.2 Å². The average Bonchev–Trinajstić information content (AvgIpc) is 3.51. The number of aromatic amines is 2. The number of pyridine rings is 1. The molecule has 0 spiro atoms. The molecule has 0 aliphatic heterocycles. The molecule has 5 aromatic heterocycles. The first kappa shape index (κ1) is 19.5. The predicted molar refractivity (Wildman–Crippen MR) is 126 cm³/mol.